The summed E-state index contributed by atoms with van der Waals surface area (Å²) in [7, 11) is 1.29. The highest BCUT2D eigenvalue weighted by Gasteiger charge is 2.90. The number of methoxy groups -OCH3 is 1. The number of cyclic esters (lactones) is 1. The molecule has 2 bridgehead atoms. The van der Waals surface area contributed by atoms with Gasteiger partial charge in [-0.15, -0.1) is 0 Å². The molecule has 5 aliphatic rings. The lowest BCUT2D eigenvalue weighted by molar-refractivity contribution is -0.250. The fourth-order valence-corrected chi connectivity index (χ4v) is 9.60. The number of ketones is 1. The van der Waals surface area contributed by atoms with Gasteiger partial charge in [0, 0.05) is 47.0 Å². The number of Topliss-reactive ketones (excluding diaryl/α,β-unsaturated/α-hetero) is 1. The Balaban J connectivity index is 1.54. The van der Waals surface area contributed by atoms with Gasteiger partial charge in [0.15, 0.2) is 11.4 Å². The summed E-state index contributed by atoms with van der Waals surface area (Å²) in [6, 6.07) is 1.78. The maximum Gasteiger partial charge on any atom is 0.306 e. The number of furan rings is 1. The third kappa shape index (κ3) is 3.05. The van der Waals surface area contributed by atoms with Crippen LogP contribution in [-0.2, 0) is 38.1 Å². The van der Waals surface area contributed by atoms with E-state index in [1.807, 2.05) is 13.8 Å². The highest BCUT2D eigenvalue weighted by molar-refractivity contribution is 5.98. The van der Waals surface area contributed by atoms with Crippen LogP contribution in [0.4, 0.5) is 0 Å². The Morgan fingerprint density at radius 2 is 1.87 bits per heavy atom. The molecule has 0 amide bonds. The van der Waals surface area contributed by atoms with Gasteiger partial charge in [-0.05, 0) is 24.8 Å². The smallest absolute Gasteiger partial charge is 0.306 e. The lowest BCUT2D eigenvalue weighted by atomic mass is 9.36. The molecular weight excluding hydrogens is 508 g/mol. The maximum absolute atomic E-state index is 14.5. The van der Waals surface area contributed by atoms with Gasteiger partial charge in [-0.1, -0.05) is 27.7 Å². The molecule has 212 valence electrons. The Labute approximate surface area is 226 Å². The third-order valence-corrected chi connectivity index (χ3v) is 11.2. The summed E-state index contributed by atoms with van der Waals surface area (Å²) >= 11 is 0. The van der Waals surface area contributed by atoms with Crippen molar-refractivity contribution in [1.82, 2.24) is 0 Å². The molecule has 3 saturated carbocycles. The van der Waals surface area contributed by atoms with E-state index in [4.69, 9.17) is 23.4 Å². The molecule has 2 unspecified atom stereocenters. The van der Waals surface area contributed by atoms with Crippen LogP contribution < -0.4 is 0 Å². The largest absolute Gasteiger partial charge is 0.472 e. The van der Waals surface area contributed by atoms with Crippen LogP contribution in [0.25, 0.3) is 0 Å². The molecule has 1 N–H and O–H groups in total. The lowest BCUT2D eigenvalue weighted by Crippen LogP contribution is -2.80. The van der Waals surface area contributed by atoms with E-state index in [-0.39, 0.29) is 18.8 Å². The van der Waals surface area contributed by atoms with Crippen molar-refractivity contribution in [1.29, 1.82) is 0 Å². The number of rotatable bonds is 4. The minimum absolute atomic E-state index is 0.0570. The number of carbonyl (C=O) groups excluding carboxylic acids is 4. The molecule has 6 rings (SSSR count). The van der Waals surface area contributed by atoms with Crippen molar-refractivity contribution in [2.45, 2.75) is 89.8 Å². The van der Waals surface area contributed by atoms with Gasteiger partial charge in [0.2, 0.25) is 0 Å². The van der Waals surface area contributed by atoms with Crippen LogP contribution >= 0.6 is 0 Å². The summed E-state index contributed by atoms with van der Waals surface area (Å²) in [6.07, 6.45) is 1.42. The first-order chi connectivity index (χ1) is 18.2. The predicted molar refractivity (Wildman–Crippen MR) is 132 cm³/mol. The molecule has 10 heteroatoms. The fourth-order valence-electron chi connectivity index (χ4n) is 9.60. The second-order valence-corrected chi connectivity index (χ2v) is 13.2. The molecule has 0 radical (unpaired) electrons. The third-order valence-electron chi connectivity index (χ3n) is 11.2. The maximum atomic E-state index is 14.5. The Morgan fingerprint density at radius 1 is 1.15 bits per heavy atom. The summed E-state index contributed by atoms with van der Waals surface area (Å²) in [5, 5.41) is 12.4. The van der Waals surface area contributed by atoms with Gasteiger partial charge in [-0.25, -0.2) is 0 Å². The Bertz CT molecular complexity index is 1250. The van der Waals surface area contributed by atoms with Gasteiger partial charge in [0.1, 0.15) is 23.9 Å². The number of hydrogen-bond donors (Lipinski definition) is 1. The van der Waals surface area contributed by atoms with Gasteiger partial charge in [-0.2, -0.15) is 0 Å². The van der Waals surface area contributed by atoms with Crippen LogP contribution in [0.5, 0.6) is 0 Å². The molecule has 5 fully saturated rings. The second-order valence-electron chi connectivity index (χ2n) is 13.2. The Morgan fingerprint density at radius 3 is 2.49 bits per heavy atom. The van der Waals surface area contributed by atoms with Gasteiger partial charge >= 0.3 is 17.9 Å². The minimum Gasteiger partial charge on any atom is -0.472 e. The fraction of sp³-hybridized carbons (Fsp3) is 0.724. The molecule has 1 aromatic rings. The summed E-state index contributed by atoms with van der Waals surface area (Å²) in [4.78, 5) is 52.6. The quantitative estimate of drug-likeness (QED) is 0.342. The lowest BCUT2D eigenvalue weighted by Gasteiger charge is -2.66. The Kier molecular flexibility index (Phi) is 5.39. The van der Waals surface area contributed by atoms with E-state index in [1.165, 1.54) is 20.3 Å². The van der Waals surface area contributed by atoms with E-state index in [0.29, 0.717) is 12.8 Å². The van der Waals surface area contributed by atoms with Crippen LogP contribution in [0.2, 0.25) is 0 Å². The summed E-state index contributed by atoms with van der Waals surface area (Å²) in [5.41, 5.74) is -5.24. The SMILES string of the molecule is COC(=O)C[C@H]1C(C)(C)[C@H](OC(C)=O)[C@@]2(O)C(=O)[C@]1(C)C1CC[C@]3(C)C(CC(=O)O[C@H]3c3ccoc3)[C@]13O[C@@H]32. The van der Waals surface area contributed by atoms with Crippen LogP contribution in [0.1, 0.15) is 72.0 Å². The van der Waals surface area contributed by atoms with Crippen molar-refractivity contribution in [2.75, 3.05) is 7.11 Å². The zero-order valence-corrected chi connectivity index (χ0v) is 23.1. The summed E-state index contributed by atoms with van der Waals surface area (Å²) < 4.78 is 28.5. The van der Waals surface area contributed by atoms with Gasteiger partial charge in [0.05, 0.1) is 26.1 Å². The average Bonchev–Trinajstić information content (AvgIpc) is 3.36. The highest BCUT2D eigenvalue weighted by Crippen LogP contribution is 2.78. The average molecular weight is 545 g/mol. The summed E-state index contributed by atoms with van der Waals surface area (Å²) in [6.45, 7) is 8.73. The molecule has 1 spiro atoms. The first kappa shape index (κ1) is 26.5. The Hall–Kier alpha value is -2.72. The van der Waals surface area contributed by atoms with Crippen molar-refractivity contribution in [3.05, 3.63) is 24.2 Å². The van der Waals surface area contributed by atoms with Crippen molar-refractivity contribution in [3.63, 3.8) is 0 Å². The van der Waals surface area contributed by atoms with Crippen molar-refractivity contribution in [2.24, 2.45) is 34.0 Å². The van der Waals surface area contributed by atoms with Gasteiger partial charge in [0.25, 0.3) is 0 Å². The van der Waals surface area contributed by atoms with E-state index >= 15 is 0 Å². The second kappa shape index (κ2) is 7.94. The van der Waals surface area contributed by atoms with Crippen LogP contribution in [0, 0.1) is 34.0 Å². The molecule has 3 heterocycles. The van der Waals surface area contributed by atoms with Gasteiger partial charge < -0.3 is 28.5 Å². The number of aliphatic hydroxyl groups is 1. The number of carbonyl (C=O) groups is 4. The number of ether oxygens (including phenoxy) is 4. The molecule has 2 saturated heterocycles. The zero-order valence-electron chi connectivity index (χ0n) is 23.1. The highest BCUT2D eigenvalue weighted by atomic mass is 16.6. The van der Waals surface area contributed by atoms with Crippen LogP contribution in [0.15, 0.2) is 23.0 Å². The van der Waals surface area contributed by atoms with Crippen LogP contribution in [-0.4, -0.2) is 59.3 Å². The summed E-state index contributed by atoms with van der Waals surface area (Å²) in [5.74, 6) is -3.44. The van der Waals surface area contributed by atoms with Gasteiger partial charge in [-0.3, -0.25) is 19.2 Å². The zero-order chi connectivity index (χ0) is 28.3. The number of fused-ring (bicyclic) bond motifs is 5. The van der Waals surface area contributed by atoms with Crippen LogP contribution in [0.3, 0.4) is 0 Å². The van der Waals surface area contributed by atoms with E-state index in [2.05, 4.69) is 6.92 Å². The molecule has 0 aromatic carbocycles. The number of epoxide rings is 1. The van der Waals surface area contributed by atoms with E-state index < -0.39 is 81.3 Å². The molecule has 3 aliphatic carbocycles. The van der Waals surface area contributed by atoms with E-state index in [1.54, 1.807) is 19.3 Å². The van der Waals surface area contributed by atoms with E-state index in [9.17, 15) is 24.3 Å². The normalized spacial score (nSPS) is 47.2. The minimum atomic E-state index is -2.15. The predicted octanol–water partition coefficient (Wildman–Crippen LogP) is 2.91. The first-order valence-electron chi connectivity index (χ1n) is 13.6. The molecular formula is C29H36O10. The van der Waals surface area contributed by atoms with Crippen molar-refractivity contribution < 1.29 is 47.6 Å². The van der Waals surface area contributed by atoms with Crippen molar-refractivity contribution in [3.8, 4) is 0 Å². The standard InChI is InChI=1S/C29H36O10/c1-14(30)37-23-25(2,3)17(11-19(31)35-6)27(5)16-7-9-26(4)18(29(16)24(39-29)28(23,34)22(27)33)12-20(32)38-21(26)15-8-10-36-13-15/h8,10,13,16-18,21,23-24,34H,7,9,11-12H2,1-6H3/t16?,17-,18?,21-,23-,24+,26+,27+,28-,29+/m0/s1. The molecule has 2 aliphatic heterocycles. The molecule has 10 nitrogen and oxygen atoms in total. The topological polar surface area (TPSA) is 142 Å². The molecule has 1 aromatic heterocycles. The number of esters is 3. The molecule has 10 atom stereocenters. The van der Waals surface area contributed by atoms with E-state index in [0.717, 1.165) is 5.56 Å². The molecule has 39 heavy (non-hydrogen) atoms. The monoisotopic (exact) mass is 544 g/mol. The van der Waals surface area contributed by atoms with Crippen molar-refractivity contribution >= 4 is 23.7 Å². The first-order valence-corrected chi connectivity index (χ1v) is 13.6. The number of hydrogen-bond acceptors (Lipinski definition) is 10.